The minimum absolute atomic E-state index is 0.401. The Morgan fingerprint density at radius 3 is 2.87 bits per heavy atom. The molecule has 0 bridgehead atoms. The lowest BCUT2D eigenvalue weighted by Crippen LogP contribution is -2.28. The van der Waals surface area contributed by atoms with Crippen LogP contribution in [0.15, 0.2) is 0 Å². The van der Waals surface area contributed by atoms with Crippen molar-refractivity contribution in [3.8, 4) is 0 Å². The zero-order valence-corrected chi connectivity index (χ0v) is 10.6. The molecule has 0 spiro atoms. The summed E-state index contributed by atoms with van der Waals surface area (Å²) in [5, 5.41) is 3.83. The Labute approximate surface area is 98.7 Å². The van der Waals surface area contributed by atoms with Crippen LogP contribution < -0.4 is 5.32 Å². The molecule has 0 amide bonds. The van der Waals surface area contributed by atoms with E-state index in [1.165, 1.54) is 32.1 Å². The highest BCUT2D eigenvalue weighted by atomic mass is 35.5. The van der Waals surface area contributed by atoms with Crippen LogP contribution in [0.25, 0.3) is 0 Å². The van der Waals surface area contributed by atoms with Gasteiger partial charge >= 0.3 is 0 Å². The van der Waals surface area contributed by atoms with Crippen molar-refractivity contribution in [1.82, 2.24) is 5.32 Å². The summed E-state index contributed by atoms with van der Waals surface area (Å²) in [4.78, 5) is 0. The molecule has 90 valence electrons. The average Bonchev–Trinajstić information content (AvgIpc) is 2.63. The summed E-state index contributed by atoms with van der Waals surface area (Å²) >= 11 is 6.19. The number of hydrogen-bond acceptors (Lipinski definition) is 2. The van der Waals surface area contributed by atoms with Crippen LogP contribution in [-0.2, 0) is 4.74 Å². The smallest absolute Gasteiger partial charge is 0.0590 e. The Morgan fingerprint density at radius 1 is 1.33 bits per heavy atom. The van der Waals surface area contributed by atoms with Gasteiger partial charge < -0.3 is 10.1 Å². The highest BCUT2D eigenvalue weighted by Crippen LogP contribution is 2.29. The number of ether oxygens (including phenoxy) is 1. The number of alkyl halides is 1. The molecular formula is C12H24ClNO. The molecule has 2 nitrogen and oxygen atoms in total. The first-order valence-corrected chi connectivity index (χ1v) is 6.70. The molecule has 0 aromatic carbocycles. The van der Waals surface area contributed by atoms with Gasteiger partial charge in [0, 0.05) is 18.5 Å². The van der Waals surface area contributed by atoms with Gasteiger partial charge in [-0.25, -0.2) is 0 Å². The number of nitrogens with one attached hydrogen (secondary N) is 1. The van der Waals surface area contributed by atoms with Crippen molar-refractivity contribution in [2.24, 2.45) is 5.92 Å². The molecule has 0 aromatic heterocycles. The minimum Gasteiger partial charge on any atom is -0.380 e. The monoisotopic (exact) mass is 233 g/mol. The Hall–Kier alpha value is 0.210. The largest absolute Gasteiger partial charge is 0.380 e. The van der Waals surface area contributed by atoms with E-state index in [2.05, 4.69) is 12.2 Å². The van der Waals surface area contributed by atoms with E-state index in [1.807, 2.05) is 0 Å². The maximum atomic E-state index is 6.19. The van der Waals surface area contributed by atoms with E-state index in [-0.39, 0.29) is 0 Å². The first-order chi connectivity index (χ1) is 7.34. The summed E-state index contributed by atoms with van der Waals surface area (Å²) < 4.78 is 5.47. The lowest BCUT2D eigenvalue weighted by Gasteiger charge is -2.14. The molecule has 1 aliphatic carbocycles. The zero-order chi connectivity index (χ0) is 10.9. The lowest BCUT2D eigenvalue weighted by molar-refractivity contribution is 0.132. The van der Waals surface area contributed by atoms with Gasteiger partial charge in [-0.3, -0.25) is 0 Å². The third kappa shape index (κ3) is 5.74. The van der Waals surface area contributed by atoms with E-state index >= 15 is 0 Å². The Morgan fingerprint density at radius 2 is 2.20 bits per heavy atom. The van der Waals surface area contributed by atoms with Crippen LogP contribution in [0, 0.1) is 5.92 Å². The van der Waals surface area contributed by atoms with E-state index in [1.54, 1.807) is 0 Å². The number of halogens is 1. The highest BCUT2D eigenvalue weighted by molar-refractivity contribution is 6.20. The summed E-state index contributed by atoms with van der Waals surface area (Å²) in [6.07, 6.45) is 6.17. The second kappa shape index (κ2) is 8.37. The molecule has 2 atom stereocenters. The normalized spacial score (nSPS) is 26.0. The molecule has 0 aromatic rings. The van der Waals surface area contributed by atoms with E-state index < -0.39 is 0 Å². The maximum absolute atomic E-state index is 6.19. The molecule has 1 N–H and O–H groups in total. The van der Waals surface area contributed by atoms with Crippen LogP contribution in [0.4, 0.5) is 0 Å². The molecule has 1 rings (SSSR count). The fourth-order valence-electron chi connectivity index (χ4n) is 2.00. The number of hydrogen-bond donors (Lipinski definition) is 1. The van der Waals surface area contributed by atoms with E-state index in [0.29, 0.717) is 11.3 Å². The minimum atomic E-state index is 0.401. The van der Waals surface area contributed by atoms with Crippen molar-refractivity contribution in [2.75, 3.05) is 26.3 Å². The first kappa shape index (κ1) is 13.3. The molecular weight excluding hydrogens is 210 g/mol. The highest BCUT2D eigenvalue weighted by Gasteiger charge is 2.24. The number of unbranched alkanes of at least 4 members (excludes halogenated alkanes) is 1. The molecule has 0 aliphatic heterocycles. The Kier molecular flexibility index (Phi) is 7.41. The van der Waals surface area contributed by atoms with Crippen LogP contribution in [0.2, 0.25) is 0 Å². The number of rotatable bonds is 8. The lowest BCUT2D eigenvalue weighted by atomic mass is 10.1. The van der Waals surface area contributed by atoms with Gasteiger partial charge in [0.05, 0.1) is 6.61 Å². The van der Waals surface area contributed by atoms with Crippen LogP contribution in [0.5, 0.6) is 0 Å². The molecule has 0 heterocycles. The van der Waals surface area contributed by atoms with Crippen LogP contribution in [-0.4, -0.2) is 31.7 Å². The second-order valence-corrected chi connectivity index (χ2v) is 4.94. The van der Waals surface area contributed by atoms with Gasteiger partial charge in [-0.1, -0.05) is 19.8 Å². The molecule has 1 fully saturated rings. The van der Waals surface area contributed by atoms with Gasteiger partial charge in [0.25, 0.3) is 0 Å². The second-order valence-electron chi connectivity index (χ2n) is 4.38. The molecule has 3 heteroatoms. The summed E-state index contributed by atoms with van der Waals surface area (Å²) in [6.45, 7) is 5.94. The van der Waals surface area contributed by atoms with E-state index in [0.717, 1.165) is 26.3 Å². The quantitative estimate of drug-likeness (QED) is 0.514. The van der Waals surface area contributed by atoms with Crippen molar-refractivity contribution < 1.29 is 4.74 Å². The van der Waals surface area contributed by atoms with Crippen molar-refractivity contribution in [1.29, 1.82) is 0 Å². The standard InChI is InChI=1S/C12H24ClNO/c1-2-3-8-15-9-7-14-10-11-5-4-6-12(11)13/h11-12,14H,2-10H2,1H3. The van der Waals surface area contributed by atoms with Crippen molar-refractivity contribution in [3.05, 3.63) is 0 Å². The Bertz CT molecular complexity index is 155. The predicted octanol–water partition coefficient (Wildman–Crippen LogP) is 2.80. The van der Waals surface area contributed by atoms with Gasteiger partial charge in [0.15, 0.2) is 0 Å². The summed E-state index contributed by atoms with van der Waals surface area (Å²) in [5.41, 5.74) is 0. The first-order valence-electron chi connectivity index (χ1n) is 6.27. The van der Waals surface area contributed by atoms with Gasteiger partial charge in [-0.2, -0.15) is 0 Å². The van der Waals surface area contributed by atoms with Crippen molar-refractivity contribution in [2.45, 2.75) is 44.4 Å². The fourth-order valence-corrected chi connectivity index (χ4v) is 2.37. The van der Waals surface area contributed by atoms with E-state index in [9.17, 15) is 0 Å². The van der Waals surface area contributed by atoms with Gasteiger partial charge in [-0.15, -0.1) is 11.6 Å². The third-order valence-corrected chi connectivity index (χ3v) is 3.61. The maximum Gasteiger partial charge on any atom is 0.0590 e. The van der Waals surface area contributed by atoms with Gasteiger partial charge in [-0.05, 0) is 31.7 Å². The fraction of sp³-hybridized carbons (Fsp3) is 1.00. The molecule has 2 unspecified atom stereocenters. The molecule has 1 aliphatic rings. The molecule has 0 radical (unpaired) electrons. The predicted molar refractivity (Wildman–Crippen MR) is 65.6 cm³/mol. The summed E-state index contributed by atoms with van der Waals surface area (Å²) in [7, 11) is 0. The third-order valence-electron chi connectivity index (χ3n) is 3.04. The van der Waals surface area contributed by atoms with Crippen LogP contribution in [0.1, 0.15) is 39.0 Å². The van der Waals surface area contributed by atoms with Crippen LogP contribution in [0.3, 0.4) is 0 Å². The summed E-state index contributed by atoms with van der Waals surface area (Å²) in [5.74, 6) is 0.683. The SMILES string of the molecule is CCCCOCCNCC1CCCC1Cl. The van der Waals surface area contributed by atoms with E-state index in [4.69, 9.17) is 16.3 Å². The topological polar surface area (TPSA) is 21.3 Å². The summed E-state index contributed by atoms with van der Waals surface area (Å²) in [6, 6.07) is 0. The zero-order valence-electron chi connectivity index (χ0n) is 9.80. The molecule has 0 saturated heterocycles. The van der Waals surface area contributed by atoms with Crippen molar-refractivity contribution in [3.63, 3.8) is 0 Å². The van der Waals surface area contributed by atoms with Gasteiger partial charge in [0.1, 0.15) is 0 Å². The van der Waals surface area contributed by atoms with Crippen molar-refractivity contribution >= 4 is 11.6 Å². The van der Waals surface area contributed by atoms with Crippen LogP contribution >= 0.6 is 11.6 Å². The molecule has 15 heavy (non-hydrogen) atoms. The Balaban J connectivity index is 1.84. The van der Waals surface area contributed by atoms with Gasteiger partial charge in [0.2, 0.25) is 0 Å². The molecule has 1 saturated carbocycles. The average molecular weight is 234 g/mol.